The van der Waals surface area contributed by atoms with Crippen molar-refractivity contribution in [1.82, 2.24) is 0 Å². The largest absolute Gasteiger partial charge is 0.396 e. The van der Waals surface area contributed by atoms with E-state index in [1.807, 2.05) is 0 Å². The minimum absolute atomic E-state index is 0.271. The van der Waals surface area contributed by atoms with E-state index in [4.69, 9.17) is 0 Å². The van der Waals surface area contributed by atoms with E-state index in [9.17, 15) is 10.2 Å². The summed E-state index contributed by atoms with van der Waals surface area (Å²) in [6.45, 7) is 31.3. The Morgan fingerprint density at radius 3 is 1.33 bits per heavy atom. The molecule has 0 bridgehead atoms. The molecule has 5 unspecified atom stereocenters. The maximum Gasteiger partial charge on any atom is 0.0436 e. The molecule has 2 N–H and O–H groups in total. The van der Waals surface area contributed by atoms with Gasteiger partial charge in [-0.3, -0.25) is 0 Å². The summed E-state index contributed by atoms with van der Waals surface area (Å²) in [7, 11) is 0. The zero-order valence-corrected chi connectivity index (χ0v) is 34.5. The lowest BCUT2D eigenvalue weighted by atomic mass is 9.67. The third-order valence-corrected chi connectivity index (χ3v) is 11.3. The van der Waals surface area contributed by atoms with Gasteiger partial charge in [0.2, 0.25) is 0 Å². The molecule has 0 saturated heterocycles. The van der Waals surface area contributed by atoms with Crippen LogP contribution in [0.25, 0.3) is 0 Å². The van der Waals surface area contributed by atoms with E-state index < -0.39 is 0 Å². The van der Waals surface area contributed by atoms with Crippen LogP contribution in [0.1, 0.15) is 218 Å². The van der Waals surface area contributed by atoms with E-state index in [1.54, 1.807) is 0 Å². The smallest absolute Gasteiger partial charge is 0.0436 e. The molecule has 0 radical (unpaired) electrons. The topological polar surface area (TPSA) is 40.5 Å². The molecule has 0 heterocycles. The molecule has 0 aliphatic heterocycles. The molecule has 46 heavy (non-hydrogen) atoms. The van der Waals surface area contributed by atoms with E-state index in [1.165, 1.54) is 116 Å². The first-order chi connectivity index (χ1) is 21.5. The second kappa shape index (κ2) is 28.7. The number of unbranched alkanes of at least 4 members (excludes halogenated alkanes) is 1. The Balaban J connectivity index is 0. The predicted octanol–water partition coefficient (Wildman–Crippen LogP) is 14.3. The molecule has 0 amide bonds. The Labute approximate surface area is 293 Å². The van der Waals surface area contributed by atoms with Crippen molar-refractivity contribution >= 4 is 0 Å². The van der Waals surface area contributed by atoms with Gasteiger partial charge < -0.3 is 10.2 Å². The van der Waals surface area contributed by atoms with Crippen molar-refractivity contribution in [2.24, 2.45) is 52.3 Å². The lowest BCUT2D eigenvalue weighted by molar-refractivity contribution is 0.0911. The molecule has 0 rings (SSSR count). The van der Waals surface area contributed by atoms with Crippen LogP contribution in [0.5, 0.6) is 0 Å². The molecule has 0 aromatic heterocycles. The monoisotopic (exact) mass is 653 g/mol. The summed E-state index contributed by atoms with van der Waals surface area (Å²) in [5, 5.41) is 18.6. The highest BCUT2D eigenvalue weighted by molar-refractivity contribution is 4.82. The van der Waals surface area contributed by atoms with Gasteiger partial charge in [-0.2, -0.15) is 0 Å². The Hall–Kier alpha value is -0.0800. The highest BCUT2D eigenvalue weighted by Crippen LogP contribution is 2.41. The normalized spacial score (nSPS) is 15.8. The van der Waals surface area contributed by atoms with Crippen LogP contribution in [-0.4, -0.2) is 23.4 Å². The average molecular weight is 653 g/mol. The summed E-state index contributed by atoms with van der Waals surface area (Å²) < 4.78 is 0. The van der Waals surface area contributed by atoms with Crippen molar-refractivity contribution in [3.63, 3.8) is 0 Å². The van der Waals surface area contributed by atoms with Crippen LogP contribution in [-0.2, 0) is 0 Å². The fourth-order valence-electron chi connectivity index (χ4n) is 8.04. The maximum absolute atomic E-state index is 9.37. The standard InChI is InChI=1S/2C22H46O/c1-8-11-21(22(6,7)16-17-23)20(5)15-10-14-19(4)13-9-12-18(2)3;1-7-8-14-21(18-22(5,6)16-17-23)15-10-13-20(4)12-9-11-19(2)3/h18-21,23H,8-17H2,1-7H3;19-21,23H,7-18H2,1-6H3. The van der Waals surface area contributed by atoms with Crippen molar-refractivity contribution in [1.29, 1.82) is 0 Å². The molecule has 0 aromatic rings. The molecule has 5 atom stereocenters. The van der Waals surface area contributed by atoms with Gasteiger partial charge in [0.25, 0.3) is 0 Å². The summed E-state index contributed by atoms with van der Waals surface area (Å²) in [4.78, 5) is 0. The first-order valence-corrected chi connectivity index (χ1v) is 20.8. The SMILES string of the molecule is CCCC(C(C)CCCC(C)CCCC(C)C)C(C)(C)CCO.CCCCC(CCCC(C)CCCC(C)C)CC(C)(C)CCO. The minimum atomic E-state index is 0.271. The van der Waals surface area contributed by atoms with Gasteiger partial charge in [-0.05, 0) is 77.9 Å². The van der Waals surface area contributed by atoms with E-state index in [2.05, 4.69) is 90.0 Å². The summed E-state index contributed by atoms with van der Waals surface area (Å²) in [6, 6.07) is 0. The maximum atomic E-state index is 9.37. The van der Waals surface area contributed by atoms with Crippen molar-refractivity contribution in [3.8, 4) is 0 Å². The summed E-state index contributed by atoms with van der Waals surface area (Å²) >= 11 is 0. The van der Waals surface area contributed by atoms with Gasteiger partial charge >= 0.3 is 0 Å². The summed E-state index contributed by atoms with van der Waals surface area (Å²) in [6.07, 6.45) is 26.5. The fraction of sp³-hybridized carbons (Fsp3) is 1.00. The third-order valence-electron chi connectivity index (χ3n) is 11.3. The van der Waals surface area contributed by atoms with E-state index >= 15 is 0 Å². The van der Waals surface area contributed by atoms with Crippen LogP contribution in [0.15, 0.2) is 0 Å². The van der Waals surface area contributed by atoms with Crippen molar-refractivity contribution in [2.75, 3.05) is 13.2 Å². The summed E-state index contributed by atoms with van der Waals surface area (Å²) in [5.41, 5.74) is 0.573. The van der Waals surface area contributed by atoms with Crippen LogP contribution in [0.4, 0.5) is 0 Å². The van der Waals surface area contributed by atoms with Crippen molar-refractivity contribution in [2.45, 2.75) is 218 Å². The Kier molecular flexibility index (Phi) is 30.0. The second-order valence-electron chi connectivity index (χ2n) is 18.4. The van der Waals surface area contributed by atoms with Gasteiger partial charge in [-0.15, -0.1) is 0 Å². The highest BCUT2D eigenvalue weighted by atomic mass is 16.3. The first kappa shape index (κ1) is 48.0. The molecular weight excluding hydrogens is 560 g/mol. The van der Waals surface area contributed by atoms with E-state index in [0.717, 1.165) is 54.3 Å². The minimum Gasteiger partial charge on any atom is -0.396 e. The van der Waals surface area contributed by atoms with E-state index in [-0.39, 0.29) is 5.41 Å². The van der Waals surface area contributed by atoms with Gasteiger partial charge in [0, 0.05) is 13.2 Å². The van der Waals surface area contributed by atoms with Crippen LogP contribution in [0.3, 0.4) is 0 Å². The third kappa shape index (κ3) is 27.8. The van der Waals surface area contributed by atoms with Crippen LogP contribution >= 0.6 is 0 Å². The van der Waals surface area contributed by atoms with Gasteiger partial charge in [-0.25, -0.2) is 0 Å². The molecule has 2 nitrogen and oxygen atoms in total. The molecule has 280 valence electrons. The molecule has 2 heteroatoms. The number of aliphatic hydroxyl groups is 2. The molecule has 0 aliphatic carbocycles. The molecule has 0 spiro atoms. The Bertz CT molecular complexity index is 612. The molecule has 0 fully saturated rings. The second-order valence-corrected chi connectivity index (χ2v) is 18.4. The lowest BCUT2D eigenvalue weighted by Crippen LogP contribution is -2.30. The molecule has 0 saturated carbocycles. The highest BCUT2D eigenvalue weighted by Gasteiger charge is 2.32. The van der Waals surface area contributed by atoms with Gasteiger partial charge in [0.15, 0.2) is 0 Å². The first-order valence-electron chi connectivity index (χ1n) is 20.8. The summed E-state index contributed by atoms with van der Waals surface area (Å²) in [5.74, 6) is 5.87. The number of aliphatic hydroxyl groups excluding tert-OH is 2. The number of rotatable bonds is 29. The van der Waals surface area contributed by atoms with Crippen molar-refractivity contribution in [3.05, 3.63) is 0 Å². The lowest BCUT2D eigenvalue weighted by Gasteiger charge is -2.38. The molecule has 0 aromatic carbocycles. The van der Waals surface area contributed by atoms with Crippen LogP contribution in [0.2, 0.25) is 0 Å². The number of hydrogen-bond donors (Lipinski definition) is 2. The fourth-order valence-corrected chi connectivity index (χ4v) is 8.04. The molecular formula is C44H92O2. The van der Waals surface area contributed by atoms with E-state index in [0.29, 0.717) is 18.6 Å². The predicted molar refractivity (Wildman–Crippen MR) is 210 cm³/mol. The number of hydrogen-bond acceptors (Lipinski definition) is 2. The van der Waals surface area contributed by atoms with Crippen LogP contribution < -0.4 is 0 Å². The zero-order valence-electron chi connectivity index (χ0n) is 34.5. The van der Waals surface area contributed by atoms with Gasteiger partial charge in [0.1, 0.15) is 0 Å². The van der Waals surface area contributed by atoms with Crippen LogP contribution in [0, 0.1) is 52.3 Å². The zero-order chi connectivity index (χ0) is 35.6. The average Bonchev–Trinajstić information content (AvgIpc) is 2.94. The Morgan fingerprint density at radius 2 is 0.913 bits per heavy atom. The quantitative estimate of drug-likeness (QED) is 0.0844. The van der Waals surface area contributed by atoms with Crippen molar-refractivity contribution < 1.29 is 10.2 Å². The molecule has 0 aliphatic rings. The Morgan fingerprint density at radius 1 is 0.478 bits per heavy atom. The van der Waals surface area contributed by atoms with Gasteiger partial charge in [-0.1, -0.05) is 193 Å². The van der Waals surface area contributed by atoms with Gasteiger partial charge in [0.05, 0.1) is 0 Å².